The van der Waals surface area contributed by atoms with Gasteiger partial charge in [-0.3, -0.25) is 4.79 Å². The Hall–Kier alpha value is -3.90. The number of carbonyl (C=O) groups is 1. The molecule has 2 heterocycles. The molecular formula is C29H30N4O2. The molecule has 0 saturated heterocycles. The fraction of sp³-hybridized carbons (Fsp3) is 0.241. The number of hydrogen-bond acceptors (Lipinski definition) is 4. The minimum absolute atomic E-state index is 0.191. The second-order valence-corrected chi connectivity index (χ2v) is 9.10. The van der Waals surface area contributed by atoms with E-state index in [0.717, 1.165) is 12.0 Å². The summed E-state index contributed by atoms with van der Waals surface area (Å²) in [5.41, 5.74) is 5.46. The second kappa shape index (κ2) is 9.39. The van der Waals surface area contributed by atoms with Crippen molar-refractivity contribution < 1.29 is 9.90 Å². The maximum atomic E-state index is 13.4. The normalized spacial score (nSPS) is 15.1. The van der Waals surface area contributed by atoms with Gasteiger partial charge in [-0.1, -0.05) is 78.9 Å². The summed E-state index contributed by atoms with van der Waals surface area (Å²) < 4.78 is 1.98. The predicted octanol–water partition coefficient (Wildman–Crippen LogP) is 4.57. The maximum Gasteiger partial charge on any atom is 0.257 e. The highest BCUT2D eigenvalue weighted by atomic mass is 16.3. The third-order valence-electron chi connectivity index (χ3n) is 7.03. The van der Waals surface area contributed by atoms with E-state index < -0.39 is 11.6 Å². The molecule has 178 valence electrons. The van der Waals surface area contributed by atoms with Crippen molar-refractivity contribution in [2.24, 2.45) is 0 Å². The van der Waals surface area contributed by atoms with Crippen molar-refractivity contribution in [3.8, 4) is 0 Å². The van der Waals surface area contributed by atoms with Crippen LogP contribution in [0, 0.1) is 13.8 Å². The van der Waals surface area contributed by atoms with Crippen molar-refractivity contribution in [1.82, 2.24) is 15.1 Å². The van der Waals surface area contributed by atoms with E-state index in [1.54, 1.807) is 6.20 Å². The number of aryl methyl sites for hydroxylation is 2. The molecule has 0 fully saturated rings. The number of aromatic nitrogens is 2. The van der Waals surface area contributed by atoms with Crippen LogP contribution in [0.15, 0.2) is 85.1 Å². The zero-order chi connectivity index (χ0) is 24.4. The van der Waals surface area contributed by atoms with Crippen LogP contribution in [0.25, 0.3) is 0 Å². The van der Waals surface area contributed by atoms with E-state index in [-0.39, 0.29) is 12.5 Å². The monoisotopic (exact) mass is 466 g/mol. The standard InChI is InChI=1S/C29H30N4O2/c1-20-10-6-8-14-24(20)29(25-15-9-7-11-21(25)2)16-17-30-27-23(18-31-33(27)29)28(35)32-26(19-34)22-12-4-3-5-13-22/h3-15,18,26,30,34H,16-17,19H2,1-2H3,(H,32,35)/t26-/m0/s1. The van der Waals surface area contributed by atoms with Crippen molar-refractivity contribution >= 4 is 11.7 Å². The zero-order valence-electron chi connectivity index (χ0n) is 20.0. The minimum atomic E-state index is -0.550. The van der Waals surface area contributed by atoms with Gasteiger partial charge in [0.15, 0.2) is 0 Å². The Balaban J connectivity index is 1.62. The van der Waals surface area contributed by atoms with Crippen LogP contribution in [0.1, 0.15) is 50.6 Å². The quantitative estimate of drug-likeness (QED) is 0.389. The number of hydrogen-bond donors (Lipinski definition) is 3. The van der Waals surface area contributed by atoms with Crippen LogP contribution >= 0.6 is 0 Å². The van der Waals surface area contributed by atoms with E-state index in [9.17, 15) is 9.90 Å². The molecule has 1 aliphatic rings. The van der Waals surface area contributed by atoms with Gasteiger partial charge >= 0.3 is 0 Å². The summed E-state index contributed by atoms with van der Waals surface area (Å²) in [5, 5.41) is 21.2. The Morgan fingerprint density at radius 2 is 1.60 bits per heavy atom. The van der Waals surface area contributed by atoms with Gasteiger partial charge in [0.1, 0.15) is 16.9 Å². The molecule has 0 bridgehead atoms. The Labute approximate surface area is 205 Å². The number of aliphatic hydroxyl groups excluding tert-OH is 1. The molecular weight excluding hydrogens is 436 g/mol. The average Bonchev–Trinajstić information content (AvgIpc) is 3.33. The number of nitrogens with one attached hydrogen (secondary N) is 2. The fourth-order valence-electron chi connectivity index (χ4n) is 5.31. The molecule has 0 aliphatic carbocycles. The van der Waals surface area contributed by atoms with Crippen LogP contribution < -0.4 is 10.6 Å². The number of anilines is 1. The van der Waals surface area contributed by atoms with E-state index in [0.29, 0.717) is 17.9 Å². The Bertz CT molecular complexity index is 1300. The molecule has 1 aromatic heterocycles. The molecule has 3 aromatic carbocycles. The first kappa shape index (κ1) is 22.9. The maximum absolute atomic E-state index is 13.4. The summed E-state index contributed by atoms with van der Waals surface area (Å²) >= 11 is 0. The first-order valence-electron chi connectivity index (χ1n) is 12.0. The minimum Gasteiger partial charge on any atom is -0.394 e. The van der Waals surface area contributed by atoms with Gasteiger partial charge in [0, 0.05) is 6.54 Å². The average molecular weight is 467 g/mol. The van der Waals surface area contributed by atoms with E-state index in [4.69, 9.17) is 5.10 Å². The van der Waals surface area contributed by atoms with E-state index in [1.807, 2.05) is 47.1 Å². The zero-order valence-corrected chi connectivity index (χ0v) is 20.0. The molecule has 0 radical (unpaired) electrons. The third-order valence-corrected chi connectivity index (χ3v) is 7.03. The van der Waals surface area contributed by atoms with Crippen LogP contribution in [-0.4, -0.2) is 33.9 Å². The lowest BCUT2D eigenvalue weighted by molar-refractivity contribution is 0.0916. The Morgan fingerprint density at radius 3 is 2.20 bits per heavy atom. The highest BCUT2D eigenvalue weighted by Crippen LogP contribution is 2.44. The van der Waals surface area contributed by atoms with Gasteiger partial charge in [-0.25, -0.2) is 4.68 Å². The molecule has 0 saturated carbocycles. The van der Waals surface area contributed by atoms with Crippen LogP contribution in [-0.2, 0) is 5.54 Å². The highest BCUT2D eigenvalue weighted by molar-refractivity contribution is 5.99. The molecule has 6 nitrogen and oxygen atoms in total. The summed E-state index contributed by atoms with van der Waals surface area (Å²) in [6.07, 6.45) is 2.43. The topological polar surface area (TPSA) is 79.2 Å². The number of rotatable bonds is 6. The van der Waals surface area contributed by atoms with Crippen LogP contribution in [0.2, 0.25) is 0 Å². The largest absolute Gasteiger partial charge is 0.394 e. The summed E-state index contributed by atoms with van der Waals surface area (Å²) in [7, 11) is 0. The van der Waals surface area contributed by atoms with Crippen molar-refractivity contribution in [2.45, 2.75) is 31.8 Å². The number of benzene rings is 3. The fourth-order valence-corrected chi connectivity index (χ4v) is 5.31. The van der Waals surface area contributed by atoms with Gasteiger partial charge < -0.3 is 15.7 Å². The summed E-state index contributed by atoms with van der Waals surface area (Å²) in [6, 6.07) is 25.8. The highest BCUT2D eigenvalue weighted by Gasteiger charge is 2.44. The lowest BCUT2D eigenvalue weighted by Crippen LogP contribution is -2.44. The van der Waals surface area contributed by atoms with Crippen molar-refractivity contribution in [3.63, 3.8) is 0 Å². The van der Waals surface area contributed by atoms with Crippen molar-refractivity contribution in [2.75, 3.05) is 18.5 Å². The van der Waals surface area contributed by atoms with Gasteiger partial charge in [0.05, 0.1) is 18.8 Å². The number of fused-ring (bicyclic) bond motifs is 1. The van der Waals surface area contributed by atoms with Gasteiger partial charge in [-0.05, 0) is 48.1 Å². The third kappa shape index (κ3) is 3.90. The Morgan fingerprint density at radius 1 is 1.00 bits per heavy atom. The van der Waals surface area contributed by atoms with Gasteiger partial charge in [-0.15, -0.1) is 0 Å². The smallest absolute Gasteiger partial charge is 0.257 e. The van der Waals surface area contributed by atoms with E-state index in [1.165, 1.54) is 22.3 Å². The molecule has 3 N–H and O–H groups in total. The van der Waals surface area contributed by atoms with Crippen molar-refractivity contribution in [3.05, 3.63) is 118 Å². The molecule has 1 aliphatic heterocycles. The SMILES string of the molecule is Cc1ccccc1C1(c2ccccc2C)CCNc2c(C(=O)N[C@@H](CO)c3ccccc3)cnn21. The van der Waals surface area contributed by atoms with Gasteiger partial charge in [0.2, 0.25) is 0 Å². The molecule has 1 atom stereocenters. The molecule has 5 rings (SSSR count). The number of carbonyl (C=O) groups excluding carboxylic acids is 1. The lowest BCUT2D eigenvalue weighted by atomic mass is 9.75. The molecule has 0 spiro atoms. The molecule has 6 heteroatoms. The molecule has 35 heavy (non-hydrogen) atoms. The summed E-state index contributed by atoms with van der Waals surface area (Å²) in [4.78, 5) is 13.4. The second-order valence-electron chi connectivity index (χ2n) is 9.10. The summed E-state index contributed by atoms with van der Waals surface area (Å²) in [5.74, 6) is 0.414. The lowest BCUT2D eigenvalue weighted by Gasteiger charge is -2.42. The first-order valence-corrected chi connectivity index (χ1v) is 12.0. The van der Waals surface area contributed by atoms with Crippen molar-refractivity contribution in [1.29, 1.82) is 0 Å². The summed E-state index contributed by atoms with van der Waals surface area (Å²) in [6.45, 7) is 4.75. The molecule has 4 aromatic rings. The van der Waals surface area contributed by atoms with Gasteiger partial charge in [0.25, 0.3) is 5.91 Å². The van der Waals surface area contributed by atoms with Crippen LogP contribution in [0.3, 0.4) is 0 Å². The number of amides is 1. The van der Waals surface area contributed by atoms with Crippen LogP contribution in [0.5, 0.6) is 0 Å². The van der Waals surface area contributed by atoms with Crippen LogP contribution in [0.4, 0.5) is 5.82 Å². The Kier molecular flexibility index (Phi) is 6.14. The van der Waals surface area contributed by atoms with E-state index in [2.05, 4.69) is 60.9 Å². The molecule has 1 amide bonds. The first-order chi connectivity index (χ1) is 17.1. The predicted molar refractivity (Wildman–Crippen MR) is 138 cm³/mol. The van der Waals surface area contributed by atoms with E-state index >= 15 is 0 Å². The molecule has 0 unspecified atom stereocenters. The number of aliphatic hydroxyl groups is 1. The van der Waals surface area contributed by atoms with Gasteiger partial charge in [-0.2, -0.15) is 5.10 Å². The number of nitrogens with zero attached hydrogens (tertiary/aromatic N) is 2.